The molecule has 5 rings (SSSR count). The second-order valence-electron chi connectivity index (χ2n) is 7.79. The van der Waals surface area contributed by atoms with Crippen molar-refractivity contribution in [2.75, 3.05) is 0 Å². The van der Waals surface area contributed by atoms with Crippen LogP contribution in [-0.4, -0.2) is 21.6 Å². The van der Waals surface area contributed by atoms with E-state index in [0.29, 0.717) is 23.1 Å². The van der Waals surface area contributed by atoms with Crippen molar-refractivity contribution in [1.29, 1.82) is 5.26 Å². The molecule has 0 saturated carbocycles. The van der Waals surface area contributed by atoms with Crippen molar-refractivity contribution in [1.82, 2.24) is 9.99 Å². The Morgan fingerprint density at radius 1 is 1.14 bits per heavy atom. The first-order chi connectivity index (χ1) is 17.0. The molecule has 0 spiro atoms. The van der Waals surface area contributed by atoms with Gasteiger partial charge in [-0.3, -0.25) is 14.9 Å². The van der Waals surface area contributed by atoms with E-state index in [1.54, 1.807) is 12.3 Å². The SMILES string of the molecule is N#Cc1ccccc1Cn1cc(/C=N\NC(=O)c2cc3cc([N+](=O)[O-])ccc3o2)c2ccccc21. The molecule has 35 heavy (non-hydrogen) atoms. The van der Waals surface area contributed by atoms with Gasteiger partial charge in [0.05, 0.1) is 22.8 Å². The molecule has 0 unspecified atom stereocenters. The third kappa shape index (κ3) is 4.24. The average Bonchev–Trinajstić information content (AvgIpc) is 3.46. The fourth-order valence-electron chi connectivity index (χ4n) is 3.93. The Kier molecular flexibility index (Phi) is 5.53. The fraction of sp³-hybridized carbons (Fsp3) is 0.0385. The number of fused-ring (bicyclic) bond motifs is 2. The average molecular weight is 463 g/mol. The topological polar surface area (TPSA) is 126 Å². The number of carbonyl (C=O) groups excluding carboxylic acids is 1. The summed E-state index contributed by atoms with van der Waals surface area (Å²) in [4.78, 5) is 23.0. The number of amides is 1. The molecule has 170 valence electrons. The van der Waals surface area contributed by atoms with Crippen LogP contribution in [0.5, 0.6) is 0 Å². The summed E-state index contributed by atoms with van der Waals surface area (Å²) in [6.07, 6.45) is 3.45. The smallest absolute Gasteiger partial charge is 0.307 e. The third-order valence-corrected chi connectivity index (χ3v) is 5.60. The van der Waals surface area contributed by atoms with E-state index in [9.17, 15) is 20.2 Å². The number of non-ortho nitro benzene ring substituents is 1. The van der Waals surface area contributed by atoms with Crippen LogP contribution in [0.25, 0.3) is 21.9 Å². The second kappa shape index (κ2) is 8.96. The largest absolute Gasteiger partial charge is 0.451 e. The molecule has 0 saturated heterocycles. The summed E-state index contributed by atoms with van der Waals surface area (Å²) in [5, 5.41) is 25.8. The molecule has 2 aromatic heterocycles. The first kappa shape index (κ1) is 21.6. The van der Waals surface area contributed by atoms with E-state index in [1.165, 1.54) is 24.3 Å². The van der Waals surface area contributed by atoms with Crippen LogP contribution in [-0.2, 0) is 6.54 Å². The molecule has 0 atom stereocenters. The van der Waals surface area contributed by atoms with Crippen LogP contribution in [0.4, 0.5) is 5.69 Å². The van der Waals surface area contributed by atoms with Crippen LogP contribution in [0.1, 0.15) is 27.2 Å². The van der Waals surface area contributed by atoms with E-state index in [0.717, 1.165) is 22.0 Å². The minimum atomic E-state index is -0.577. The number of rotatable bonds is 6. The molecule has 3 aromatic carbocycles. The van der Waals surface area contributed by atoms with E-state index in [-0.39, 0.29) is 11.4 Å². The van der Waals surface area contributed by atoms with Gasteiger partial charge in [-0.05, 0) is 29.8 Å². The van der Waals surface area contributed by atoms with Crippen LogP contribution in [0.3, 0.4) is 0 Å². The van der Waals surface area contributed by atoms with Crippen molar-refractivity contribution in [3.8, 4) is 6.07 Å². The van der Waals surface area contributed by atoms with Crippen LogP contribution in [0.2, 0.25) is 0 Å². The van der Waals surface area contributed by atoms with Gasteiger partial charge in [-0.1, -0.05) is 36.4 Å². The molecule has 0 bridgehead atoms. The molecule has 0 fully saturated rings. The molecule has 9 heteroatoms. The van der Waals surface area contributed by atoms with E-state index >= 15 is 0 Å². The number of benzene rings is 3. The van der Waals surface area contributed by atoms with Gasteiger partial charge in [-0.2, -0.15) is 10.4 Å². The van der Waals surface area contributed by atoms with Crippen LogP contribution >= 0.6 is 0 Å². The van der Waals surface area contributed by atoms with Crippen molar-refractivity contribution in [3.05, 3.63) is 112 Å². The number of hydrogen-bond acceptors (Lipinski definition) is 6. The molecule has 5 aromatic rings. The zero-order chi connectivity index (χ0) is 24.4. The molecule has 0 aliphatic rings. The maximum absolute atomic E-state index is 12.5. The highest BCUT2D eigenvalue weighted by molar-refractivity contribution is 6.01. The fourth-order valence-corrected chi connectivity index (χ4v) is 3.93. The Morgan fingerprint density at radius 2 is 1.94 bits per heavy atom. The molecule has 0 aliphatic heterocycles. The number of nitrogens with one attached hydrogen (secondary N) is 1. The molecule has 2 heterocycles. The van der Waals surface area contributed by atoms with E-state index in [2.05, 4.69) is 16.6 Å². The standard InChI is InChI=1S/C26H17N5O4/c27-13-17-5-1-2-6-18(17)15-30-16-20(22-7-3-4-8-23(22)30)14-28-29-26(32)25-12-19-11-21(31(33)34)9-10-24(19)35-25/h1-12,14,16H,15H2,(H,29,32)/b28-14-. The predicted molar refractivity (Wildman–Crippen MR) is 130 cm³/mol. The Labute approximate surface area is 198 Å². The first-order valence-corrected chi connectivity index (χ1v) is 10.6. The van der Waals surface area contributed by atoms with E-state index < -0.39 is 10.8 Å². The number of nitriles is 1. The number of para-hydroxylation sites is 1. The Bertz CT molecular complexity index is 1670. The Morgan fingerprint density at radius 3 is 2.77 bits per heavy atom. The minimum Gasteiger partial charge on any atom is -0.451 e. The summed E-state index contributed by atoms with van der Waals surface area (Å²) in [5.74, 6) is -0.583. The number of furan rings is 1. The lowest BCUT2D eigenvalue weighted by Gasteiger charge is -2.07. The lowest BCUT2D eigenvalue weighted by molar-refractivity contribution is -0.384. The summed E-state index contributed by atoms with van der Waals surface area (Å²) in [6, 6.07) is 23.0. The minimum absolute atomic E-state index is 0.00631. The zero-order valence-electron chi connectivity index (χ0n) is 18.2. The van der Waals surface area contributed by atoms with Gasteiger partial charge in [0.25, 0.3) is 5.69 Å². The number of carbonyl (C=O) groups is 1. The normalized spacial score (nSPS) is 11.2. The van der Waals surface area contributed by atoms with Crippen LogP contribution < -0.4 is 5.43 Å². The summed E-state index contributed by atoms with van der Waals surface area (Å²) < 4.78 is 7.52. The van der Waals surface area contributed by atoms with Gasteiger partial charge in [0.15, 0.2) is 5.76 Å². The van der Waals surface area contributed by atoms with Crippen molar-refractivity contribution in [3.63, 3.8) is 0 Å². The van der Waals surface area contributed by atoms with Gasteiger partial charge in [0.1, 0.15) is 5.58 Å². The van der Waals surface area contributed by atoms with Crippen molar-refractivity contribution in [2.24, 2.45) is 5.10 Å². The number of hydrogen-bond donors (Lipinski definition) is 1. The molecule has 0 radical (unpaired) electrons. The van der Waals surface area contributed by atoms with Crippen molar-refractivity contribution in [2.45, 2.75) is 6.54 Å². The maximum Gasteiger partial charge on any atom is 0.307 e. The lowest BCUT2D eigenvalue weighted by atomic mass is 10.1. The molecule has 9 nitrogen and oxygen atoms in total. The summed E-state index contributed by atoms with van der Waals surface area (Å²) >= 11 is 0. The number of nitro benzene ring substituents is 1. The molecular weight excluding hydrogens is 446 g/mol. The van der Waals surface area contributed by atoms with Gasteiger partial charge >= 0.3 is 5.91 Å². The highest BCUT2D eigenvalue weighted by Gasteiger charge is 2.15. The van der Waals surface area contributed by atoms with Crippen LogP contribution in [0, 0.1) is 21.4 Å². The predicted octanol–water partition coefficient (Wildman–Crippen LogP) is 4.98. The highest BCUT2D eigenvalue weighted by Crippen LogP contribution is 2.25. The maximum atomic E-state index is 12.5. The summed E-state index contributed by atoms with van der Waals surface area (Å²) in [7, 11) is 0. The number of hydrazone groups is 1. The van der Waals surface area contributed by atoms with E-state index in [4.69, 9.17) is 4.42 Å². The number of nitrogens with zero attached hydrogens (tertiary/aromatic N) is 4. The van der Waals surface area contributed by atoms with Gasteiger partial charge < -0.3 is 8.98 Å². The Balaban J connectivity index is 1.38. The quantitative estimate of drug-likeness (QED) is 0.216. The number of aromatic nitrogens is 1. The number of nitro groups is 1. The summed E-state index contributed by atoms with van der Waals surface area (Å²) in [5.41, 5.74) is 5.99. The second-order valence-corrected chi connectivity index (χ2v) is 7.79. The van der Waals surface area contributed by atoms with Crippen molar-refractivity contribution < 1.29 is 14.1 Å². The molecule has 1 amide bonds. The summed E-state index contributed by atoms with van der Waals surface area (Å²) in [6.45, 7) is 0.509. The van der Waals surface area contributed by atoms with Gasteiger partial charge in [-0.25, -0.2) is 5.43 Å². The van der Waals surface area contributed by atoms with E-state index in [1.807, 2.05) is 53.2 Å². The van der Waals surface area contributed by atoms with Gasteiger partial charge in [-0.15, -0.1) is 0 Å². The molecule has 1 N–H and O–H groups in total. The van der Waals surface area contributed by atoms with Gasteiger partial charge in [0.2, 0.25) is 0 Å². The monoisotopic (exact) mass is 463 g/mol. The van der Waals surface area contributed by atoms with Crippen molar-refractivity contribution >= 4 is 39.7 Å². The zero-order valence-corrected chi connectivity index (χ0v) is 18.2. The molecular formula is C26H17N5O4. The van der Waals surface area contributed by atoms with Gasteiger partial charge in [0, 0.05) is 46.7 Å². The molecule has 0 aliphatic carbocycles. The first-order valence-electron chi connectivity index (χ1n) is 10.6. The Hall–Kier alpha value is -5.23. The lowest BCUT2D eigenvalue weighted by Crippen LogP contribution is -2.16. The highest BCUT2D eigenvalue weighted by atomic mass is 16.6. The van der Waals surface area contributed by atoms with Crippen LogP contribution in [0.15, 0.2) is 88.5 Å². The third-order valence-electron chi connectivity index (χ3n) is 5.60.